The molecule has 0 aliphatic heterocycles. The number of methoxy groups -OCH3 is 1. The van der Waals surface area contributed by atoms with Gasteiger partial charge in [-0.3, -0.25) is 0 Å². The van der Waals surface area contributed by atoms with Crippen molar-refractivity contribution in [3.05, 3.63) is 23.4 Å². The zero-order valence-corrected chi connectivity index (χ0v) is 9.94. The smallest absolute Gasteiger partial charge is 0.230 e. The van der Waals surface area contributed by atoms with E-state index in [2.05, 4.69) is 5.16 Å². The van der Waals surface area contributed by atoms with Crippen LogP contribution in [-0.2, 0) is 0 Å². The predicted octanol–water partition coefficient (Wildman–Crippen LogP) is 2.25. The highest BCUT2D eigenvalue weighted by molar-refractivity contribution is 5.80. The van der Waals surface area contributed by atoms with Crippen LogP contribution in [0.4, 0.5) is 5.88 Å². The van der Waals surface area contributed by atoms with E-state index < -0.39 is 0 Å². The first-order chi connectivity index (χ1) is 8.06. The fourth-order valence-electron chi connectivity index (χ4n) is 1.74. The molecule has 0 fully saturated rings. The molecule has 0 atom stereocenters. The zero-order chi connectivity index (χ0) is 12.6. The van der Waals surface area contributed by atoms with Crippen LogP contribution in [0.5, 0.6) is 11.5 Å². The first-order valence-electron chi connectivity index (χ1n) is 5.14. The summed E-state index contributed by atoms with van der Waals surface area (Å²) in [6.45, 7) is 3.70. The first-order valence-corrected chi connectivity index (χ1v) is 5.14. The van der Waals surface area contributed by atoms with E-state index in [0.717, 1.165) is 11.1 Å². The molecule has 2 aromatic rings. The summed E-state index contributed by atoms with van der Waals surface area (Å²) < 4.78 is 10.0. The number of hydrogen-bond donors (Lipinski definition) is 2. The fourth-order valence-corrected chi connectivity index (χ4v) is 1.74. The molecule has 5 heteroatoms. The van der Waals surface area contributed by atoms with Gasteiger partial charge < -0.3 is 20.1 Å². The minimum absolute atomic E-state index is 0.165. The number of aromatic hydroxyl groups is 1. The summed E-state index contributed by atoms with van der Waals surface area (Å²) >= 11 is 0. The number of nitrogens with zero attached hydrogens (tertiary/aromatic N) is 1. The molecule has 3 N–H and O–H groups in total. The molecule has 1 heterocycles. The zero-order valence-electron chi connectivity index (χ0n) is 9.94. The average Bonchev–Trinajstić information content (AvgIpc) is 2.73. The van der Waals surface area contributed by atoms with E-state index in [1.54, 1.807) is 13.2 Å². The summed E-state index contributed by atoms with van der Waals surface area (Å²) in [5.74, 6) is 1.03. The van der Waals surface area contributed by atoms with Gasteiger partial charge in [0, 0.05) is 5.56 Å². The Balaban J connectivity index is 2.71. The maximum Gasteiger partial charge on any atom is 0.230 e. The number of aromatic nitrogens is 1. The Kier molecular flexibility index (Phi) is 2.67. The number of anilines is 1. The van der Waals surface area contributed by atoms with E-state index in [-0.39, 0.29) is 11.6 Å². The third-order valence-corrected chi connectivity index (χ3v) is 2.93. The highest BCUT2D eigenvalue weighted by Gasteiger charge is 2.17. The minimum Gasteiger partial charge on any atom is -0.507 e. The van der Waals surface area contributed by atoms with Crippen LogP contribution in [0.2, 0.25) is 0 Å². The van der Waals surface area contributed by atoms with Gasteiger partial charge in [-0.15, -0.1) is 0 Å². The lowest BCUT2D eigenvalue weighted by molar-refractivity contribution is 0.408. The van der Waals surface area contributed by atoms with Gasteiger partial charge in [-0.1, -0.05) is 5.16 Å². The Bertz CT molecular complexity index is 561. The minimum atomic E-state index is 0.165. The molecule has 17 heavy (non-hydrogen) atoms. The lowest BCUT2D eigenvalue weighted by Crippen LogP contribution is -1.94. The van der Waals surface area contributed by atoms with E-state index in [1.165, 1.54) is 6.20 Å². The molecule has 0 amide bonds. The molecule has 90 valence electrons. The van der Waals surface area contributed by atoms with Gasteiger partial charge in [-0.2, -0.15) is 0 Å². The predicted molar refractivity (Wildman–Crippen MR) is 64.0 cm³/mol. The van der Waals surface area contributed by atoms with Gasteiger partial charge in [-0.25, -0.2) is 0 Å². The highest BCUT2D eigenvalue weighted by Crippen LogP contribution is 2.40. The van der Waals surface area contributed by atoms with E-state index in [9.17, 15) is 5.11 Å². The van der Waals surface area contributed by atoms with Crippen LogP contribution in [0.1, 0.15) is 11.1 Å². The van der Waals surface area contributed by atoms with Gasteiger partial charge in [0.05, 0.1) is 18.9 Å². The van der Waals surface area contributed by atoms with Crippen LogP contribution < -0.4 is 10.5 Å². The topological polar surface area (TPSA) is 81.5 Å². The maximum atomic E-state index is 10.1. The molecule has 5 nitrogen and oxygen atoms in total. The molecular weight excluding hydrogens is 220 g/mol. The van der Waals surface area contributed by atoms with Crippen LogP contribution in [0.25, 0.3) is 11.1 Å². The number of benzene rings is 1. The van der Waals surface area contributed by atoms with Crippen molar-refractivity contribution in [3.63, 3.8) is 0 Å². The quantitative estimate of drug-likeness (QED) is 0.832. The van der Waals surface area contributed by atoms with Crippen molar-refractivity contribution >= 4 is 5.88 Å². The Morgan fingerprint density at radius 2 is 2.00 bits per heavy atom. The summed E-state index contributed by atoms with van der Waals surface area (Å²) in [5, 5.41) is 13.7. The monoisotopic (exact) mass is 234 g/mol. The first kappa shape index (κ1) is 11.3. The molecular formula is C12H14N2O3. The summed E-state index contributed by atoms with van der Waals surface area (Å²) in [5.41, 5.74) is 8.40. The van der Waals surface area contributed by atoms with Crippen LogP contribution in [0.3, 0.4) is 0 Å². The van der Waals surface area contributed by atoms with E-state index >= 15 is 0 Å². The number of ether oxygens (including phenoxy) is 1. The number of phenolic OH excluding ortho intramolecular Hbond substituents is 1. The molecule has 2 rings (SSSR count). The van der Waals surface area contributed by atoms with Crippen LogP contribution >= 0.6 is 0 Å². The molecule has 0 bridgehead atoms. The Morgan fingerprint density at radius 3 is 2.53 bits per heavy atom. The number of hydrogen-bond acceptors (Lipinski definition) is 5. The van der Waals surface area contributed by atoms with Crippen LogP contribution in [-0.4, -0.2) is 17.4 Å². The molecule has 0 saturated heterocycles. The molecule has 0 aliphatic rings. The number of nitrogens with two attached hydrogens (primary N) is 1. The Labute approximate surface area is 98.8 Å². The highest BCUT2D eigenvalue weighted by atomic mass is 16.5. The number of rotatable bonds is 2. The maximum absolute atomic E-state index is 10.1. The van der Waals surface area contributed by atoms with Crippen molar-refractivity contribution in [1.82, 2.24) is 5.16 Å². The van der Waals surface area contributed by atoms with Crippen molar-refractivity contribution in [2.45, 2.75) is 13.8 Å². The third kappa shape index (κ3) is 1.69. The molecule has 1 aromatic carbocycles. The van der Waals surface area contributed by atoms with Crippen molar-refractivity contribution in [2.75, 3.05) is 12.8 Å². The molecule has 0 saturated carbocycles. The molecule has 1 aromatic heterocycles. The van der Waals surface area contributed by atoms with Gasteiger partial charge >= 0.3 is 0 Å². The van der Waals surface area contributed by atoms with Crippen molar-refractivity contribution in [1.29, 1.82) is 0 Å². The summed E-state index contributed by atoms with van der Waals surface area (Å²) in [6, 6.07) is 1.72. The van der Waals surface area contributed by atoms with Gasteiger partial charge in [0.25, 0.3) is 0 Å². The summed E-state index contributed by atoms with van der Waals surface area (Å²) in [7, 11) is 1.58. The lowest BCUT2D eigenvalue weighted by Gasteiger charge is -2.13. The van der Waals surface area contributed by atoms with Crippen molar-refractivity contribution < 1.29 is 14.4 Å². The fraction of sp³-hybridized carbons (Fsp3) is 0.250. The van der Waals surface area contributed by atoms with Gasteiger partial charge in [0.1, 0.15) is 11.5 Å². The lowest BCUT2D eigenvalue weighted by atomic mass is 9.99. The van der Waals surface area contributed by atoms with E-state index in [4.69, 9.17) is 15.0 Å². The summed E-state index contributed by atoms with van der Waals surface area (Å²) in [6.07, 6.45) is 1.47. The molecule has 0 aliphatic carbocycles. The summed E-state index contributed by atoms with van der Waals surface area (Å²) in [4.78, 5) is 0. The van der Waals surface area contributed by atoms with Crippen molar-refractivity contribution in [2.24, 2.45) is 0 Å². The second kappa shape index (κ2) is 4.01. The van der Waals surface area contributed by atoms with E-state index in [1.807, 2.05) is 13.8 Å². The van der Waals surface area contributed by atoms with Gasteiger partial charge in [0.2, 0.25) is 5.88 Å². The molecule has 0 unspecified atom stereocenters. The number of phenols is 1. The molecule has 0 spiro atoms. The second-order valence-electron chi connectivity index (χ2n) is 3.83. The normalized spacial score (nSPS) is 10.5. The van der Waals surface area contributed by atoms with Crippen molar-refractivity contribution in [3.8, 4) is 22.6 Å². The van der Waals surface area contributed by atoms with E-state index in [0.29, 0.717) is 16.9 Å². The van der Waals surface area contributed by atoms with Gasteiger partial charge in [0.15, 0.2) is 0 Å². The van der Waals surface area contributed by atoms with Gasteiger partial charge in [-0.05, 0) is 31.0 Å². The Hall–Kier alpha value is -2.17. The second-order valence-corrected chi connectivity index (χ2v) is 3.83. The SMILES string of the molecule is COc1cc(-c2cnoc2N)c(O)c(C)c1C. The largest absolute Gasteiger partial charge is 0.507 e. The number of nitrogen functional groups attached to an aromatic ring is 1. The average molecular weight is 234 g/mol. The standard InChI is InChI=1S/C12H14N2O3/c1-6-7(2)11(15)8(4-10(6)16-3)9-5-14-17-12(9)13/h4-5,15H,13H2,1-3H3. The molecule has 0 radical (unpaired) electrons. The van der Waals surface area contributed by atoms with Crippen LogP contribution in [0, 0.1) is 13.8 Å². The Morgan fingerprint density at radius 1 is 1.29 bits per heavy atom. The third-order valence-electron chi connectivity index (χ3n) is 2.93. The van der Waals surface area contributed by atoms with Crippen LogP contribution in [0.15, 0.2) is 16.8 Å².